The summed E-state index contributed by atoms with van der Waals surface area (Å²) in [6.45, 7) is 1.60. The number of methoxy groups -OCH3 is 1. The molecule has 2 rings (SSSR count). The number of halogens is 1. The van der Waals surface area contributed by atoms with Crippen molar-refractivity contribution < 1.29 is 19.1 Å². The predicted molar refractivity (Wildman–Crippen MR) is 97.1 cm³/mol. The van der Waals surface area contributed by atoms with E-state index in [0.29, 0.717) is 16.5 Å². The minimum Gasteiger partial charge on any atom is -0.495 e. The Kier molecular flexibility index (Phi) is 6.83. The highest BCUT2D eigenvalue weighted by Crippen LogP contribution is 2.27. The van der Waals surface area contributed by atoms with Gasteiger partial charge in [0.15, 0.2) is 6.61 Å². The van der Waals surface area contributed by atoms with Gasteiger partial charge in [0.05, 0.1) is 18.6 Å². The molecule has 0 aromatic heterocycles. The molecule has 2 aromatic rings. The van der Waals surface area contributed by atoms with E-state index in [1.807, 2.05) is 37.3 Å². The minimum absolute atomic E-state index is 0.0251. The summed E-state index contributed by atoms with van der Waals surface area (Å²) in [5.41, 5.74) is 1.56. The monoisotopic (exact) mass is 361 g/mol. The van der Waals surface area contributed by atoms with Crippen LogP contribution in [0.15, 0.2) is 48.5 Å². The van der Waals surface area contributed by atoms with Gasteiger partial charge in [-0.1, -0.05) is 48.9 Å². The van der Waals surface area contributed by atoms with Crippen molar-refractivity contribution >= 4 is 29.2 Å². The molecule has 0 aliphatic rings. The molecule has 1 unspecified atom stereocenters. The number of ether oxygens (including phenoxy) is 2. The average molecular weight is 362 g/mol. The number of carbonyl (C=O) groups is 2. The van der Waals surface area contributed by atoms with Gasteiger partial charge in [-0.05, 0) is 29.7 Å². The van der Waals surface area contributed by atoms with E-state index in [-0.39, 0.29) is 18.9 Å². The summed E-state index contributed by atoms with van der Waals surface area (Å²) in [5, 5.41) is 3.00. The molecular weight excluding hydrogens is 342 g/mol. The Labute approximate surface area is 151 Å². The second kappa shape index (κ2) is 9.08. The molecule has 0 saturated heterocycles. The lowest BCUT2D eigenvalue weighted by atomic mass is 9.98. The van der Waals surface area contributed by atoms with Crippen molar-refractivity contribution in [2.24, 2.45) is 0 Å². The molecule has 25 heavy (non-hydrogen) atoms. The Morgan fingerprint density at radius 3 is 2.52 bits per heavy atom. The molecule has 132 valence electrons. The molecule has 6 heteroatoms. The number of carbonyl (C=O) groups excluding carboxylic acids is 2. The second-order valence-electron chi connectivity index (χ2n) is 5.57. The topological polar surface area (TPSA) is 64.6 Å². The first-order valence-electron chi connectivity index (χ1n) is 7.83. The molecule has 0 fully saturated rings. The number of rotatable bonds is 7. The fourth-order valence-corrected chi connectivity index (χ4v) is 2.55. The van der Waals surface area contributed by atoms with Gasteiger partial charge in [-0.25, -0.2) is 0 Å². The van der Waals surface area contributed by atoms with Gasteiger partial charge >= 0.3 is 5.97 Å². The molecule has 0 saturated carbocycles. The van der Waals surface area contributed by atoms with Crippen molar-refractivity contribution in [2.75, 3.05) is 19.0 Å². The summed E-state index contributed by atoms with van der Waals surface area (Å²) in [4.78, 5) is 23.8. The van der Waals surface area contributed by atoms with Crippen molar-refractivity contribution in [3.8, 4) is 5.75 Å². The Morgan fingerprint density at radius 1 is 1.16 bits per heavy atom. The lowest BCUT2D eigenvalue weighted by Gasteiger charge is -2.12. The largest absolute Gasteiger partial charge is 0.495 e. The molecule has 0 spiro atoms. The van der Waals surface area contributed by atoms with Crippen LogP contribution in [0.25, 0.3) is 0 Å². The molecule has 1 atom stereocenters. The zero-order chi connectivity index (χ0) is 18.2. The van der Waals surface area contributed by atoms with Gasteiger partial charge in [-0.15, -0.1) is 0 Å². The van der Waals surface area contributed by atoms with Gasteiger partial charge in [0.2, 0.25) is 0 Å². The number of hydrogen-bond donors (Lipinski definition) is 1. The molecule has 5 nitrogen and oxygen atoms in total. The maximum Gasteiger partial charge on any atom is 0.306 e. The summed E-state index contributed by atoms with van der Waals surface area (Å²) in [7, 11) is 1.51. The van der Waals surface area contributed by atoms with E-state index in [4.69, 9.17) is 21.1 Å². The van der Waals surface area contributed by atoms with Crippen LogP contribution in [-0.4, -0.2) is 25.6 Å². The molecule has 0 aliphatic carbocycles. The first-order chi connectivity index (χ1) is 12.0. The molecule has 0 radical (unpaired) electrons. The van der Waals surface area contributed by atoms with E-state index in [1.165, 1.54) is 7.11 Å². The molecule has 1 N–H and O–H groups in total. The second-order valence-corrected chi connectivity index (χ2v) is 5.98. The molecule has 0 aliphatic heterocycles. The van der Waals surface area contributed by atoms with E-state index in [1.54, 1.807) is 18.2 Å². The van der Waals surface area contributed by atoms with E-state index < -0.39 is 11.9 Å². The third kappa shape index (κ3) is 5.80. The van der Waals surface area contributed by atoms with Crippen LogP contribution in [0.4, 0.5) is 5.69 Å². The predicted octanol–water partition coefficient (Wildman–Crippen LogP) is 4.02. The summed E-state index contributed by atoms with van der Waals surface area (Å²) >= 11 is 5.99. The van der Waals surface area contributed by atoms with Gasteiger partial charge < -0.3 is 14.8 Å². The fourth-order valence-electron chi connectivity index (χ4n) is 2.30. The van der Waals surface area contributed by atoms with Crippen LogP contribution in [-0.2, 0) is 14.3 Å². The van der Waals surface area contributed by atoms with Crippen molar-refractivity contribution in [3.63, 3.8) is 0 Å². The van der Waals surface area contributed by atoms with Crippen molar-refractivity contribution in [1.29, 1.82) is 0 Å². The van der Waals surface area contributed by atoms with E-state index in [0.717, 1.165) is 5.56 Å². The minimum atomic E-state index is -0.429. The highest BCUT2D eigenvalue weighted by molar-refractivity contribution is 6.32. The molecular formula is C19H20ClNO4. The molecule has 0 bridgehead atoms. The first kappa shape index (κ1) is 18.8. The lowest BCUT2D eigenvalue weighted by molar-refractivity contribution is -0.147. The Morgan fingerprint density at radius 2 is 1.88 bits per heavy atom. The molecule has 2 aromatic carbocycles. The standard InChI is InChI=1S/C19H20ClNO4/c1-13(14-6-4-3-5-7-14)10-19(23)25-12-18(22)21-15-8-9-17(24-2)16(20)11-15/h3-9,11,13H,10,12H2,1-2H3,(H,21,22). The van der Waals surface area contributed by atoms with Crippen LogP contribution in [0, 0.1) is 0 Å². The summed E-state index contributed by atoms with van der Waals surface area (Å²) in [6.07, 6.45) is 0.214. The number of amides is 1. The van der Waals surface area contributed by atoms with Crippen LogP contribution in [0.1, 0.15) is 24.8 Å². The van der Waals surface area contributed by atoms with Gasteiger partial charge in [-0.3, -0.25) is 9.59 Å². The van der Waals surface area contributed by atoms with Crippen molar-refractivity contribution in [2.45, 2.75) is 19.3 Å². The highest BCUT2D eigenvalue weighted by Gasteiger charge is 2.14. The van der Waals surface area contributed by atoms with Gasteiger partial charge in [-0.2, -0.15) is 0 Å². The Balaban J connectivity index is 1.79. The van der Waals surface area contributed by atoms with Crippen LogP contribution in [0.3, 0.4) is 0 Å². The number of benzene rings is 2. The molecule has 0 heterocycles. The SMILES string of the molecule is COc1ccc(NC(=O)COC(=O)CC(C)c2ccccc2)cc1Cl. The summed E-state index contributed by atoms with van der Waals surface area (Å²) < 4.78 is 10.1. The zero-order valence-corrected chi connectivity index (χ0v) is 14.9. The average Bonchev–Trinajstić information content (AvgIpc) is 2.61. The maximum atomic E-state index is 11.9. The number of nitrogens with one attached hydrogen (secondary N) is 1. The van der Waals surface area contributed by atoms with E-state index >= 15 is 0 Å². The molecule has 1 amide bonds. The van der Waals surface area contributed by atoms with Crippen LogP contribution < -0.4 is 10.1 Å². The van der Waals surface area contributed by atoms with Crippen LogP contribution in [0.5, 0.6) is 5.75 Å². The summed E-state index contributed by atoms with van der Waals surface area (Å²) in [5.74, 6) is -0.306. The number of esters is 1. The quantitative estimate of drug-likeness (QED) is 0.756. The van der Waals surface area contributed by atoms with Crippen LogP contribution >= 0.6 is 11.6 Å². The smallest absolute Gasteiger partial charge is 0.306 e. The first-order valence-corrected chi connectivity index (χ1v) is 8.21. The fraction of sp³-hybridized carbons (Fsp3) is 0.263. The number of hydrogen-bond acceptors (Lipinski definition) is 4. The normalized spacial score (nSPS) is 11.5. The lowest BCUT2D eigenvalue weighted by Crippen LogP contribution is -2.21. The highest BCUT2D eigenvalue weighted by atomic mass is 35.5. The Bertz CT molecular complexity index is 733. The van der Waals surface area contributed by atoms with Crippen molar-refractivity contribution in [3.05, 3.63) is 59.1 Å². The van der Waals surface area contributed by atoms with Gasteiger partial charge in [0.25, 0.3) is 5.91 Å². The third-order valence-electron chi connectivity index (χ3n) is 3.64. The zero-order valence-electron chi connectivity index (χ0n) is 14.1. The summed E-state index contributed by atoms with van der Waals surface area (Å²) in [6, 6.07) is 14.5. The van der Waals surface area contributed by atoms with Gasteiger partial charge in [0.1, 0.15) is 5.75 Å². The van der Waals surface area contributed by atoms with Crippen LogP contribution in [0.2, 0.25) is 5.02 Å². The number of anilines is 1. The van der Waals surface area contributed by atoms with Gasteiger partial charge in [0, 0.05) is 5.69 Å². The van der Waals surface area contributed by atoms with E-state index in [2.05, 4.69) is 5.32 Å². The van der Waals surface area contributed by atoms with Crippen molar-refractivity contribution in [1.82, 2.24) is 0 Å². The van der Waals surface area contributed by atoms with E-state index in [9.17, 15) is 9.59 Å². The Hall–Kier alpha value is -2.53. The maximum absolute atomic E-state index is 11.9. The third-order valence-corrected chi connectivity index (χ3v) is 3.94.